The van der Waals surface area contributed by atoms with E-state index in [0.29, 0.717) is 19.4 Å². The number of benzene rings is 1. The van der Waals surface area contributed by atoms with Crippen LogP contribution in [0.15, 0.2) is 24.3 Å². The molecule has 1 aromatic rings. The maximum Gasteiger partial charge on any atom is 0.303 e. The summed E-state index contributed by atoms with van der Waals surface area (Å²) in [6.07, 6.45) is 5.81. The van der Waals surface area contributed by atoms with E-state index in [2.05, 4.69) is 30.1 Å². The van der Waals surface area contributed by atoms with Crippen LogP contribution >= 0.6 is 0 Å². The number of rotatable bonds is 4. The van der Waals surface area contributed by atoms with Crippen molar-refractivity contribution < 1.29 is 24.2 Å². The van der Waals surface area contributed by atoms with Crippen LogP contribution in [0.25, 0.3) is 0 Å². The highest BCUT2D eigenvalue weighted by molar-refractivity contribution is 5.77. The predicted molar refractivity (Wildman–Crippen MR) is 123 cm³/mol. The number of aliphatic carboxylic acids is 1. The van der Waals surface area contributed by atoms with Crippen molar-refractivity contribution in [1.29, 1.82) is 0 Å². The van der Waals surface area contributed by atoms with E-state index in [1.165, 1.54) is 5.56 Å². The average Bonchev–Trinajstić information content (AvgIpc) is 2.77. The van der Waals surface area contributed by atoms with Gasteiger partial charge in [0, 0.05) is 56.6 Å². The number of carbonyl (C=O) groups excluding carboxylic acids is 1. The van der Waals surface area contributed by atoms with E-state index in [1.807, 2.05) is 11.0 Å². The third-order valence-corrected chi connectivity index (χ3v) is 6.77. The van der Waals surface area contributed by atoms with Crippen molar-refractivity contribution in [2.75, 3.05) is 46.5 Å². The number of carboxylic acid groups (broad SMARTS) is 1. The van der Waals surface area contributed by atoms with Gasteiger partial charge in [-0.3, -0.25) is 14.5 Å². The number of likely N-dealkylation sites (N-methyl/N-ethyl adjacent to an activating group) is 1. The molecule has 0 unspecified atom stereocenters. The molecule has 1 aromatic carbocycles. The van der Waals surface area contributed by atoms with E-state index >= 15 is 0 Å². The molecule has 2 aliphatic rings. The number of hydrogen-bond acceptors (Lipinski definition) is 5. The fourth-order valence-corrected chi connectivity index (χ4v) is 4.65. The highest BCUT2D eigenvalue weighted by atomic mass is 16.5. The fourth-order valence-electron chi connectivity index (χ4n) is 4.65. The summed E-state index contributed by atoms with van der Waals surface area (Å²) in [6.45, 7) is 5.35. The van der Waals surface area contributed by atoms with Gasteiger partial charge in [-0.05, 0) is 45.2 Å². The zero-order chi connectivity index (χ0) is 22.8. The van der Waals surface area contributed by atoms with Crippen LogP contribution in [0.1, 0.15) is 56.9 Å². The van der Waals surface area contributed by atoms with Gasteiger partial charge in [-0.25, -0.2) is 0 Å². The van der Waals surface area contributed by atoms with E-state index in [-0.39, 0.29) is 17.7 Å². The molecule has 0 radical (unpaired) electrons. The molecule has 7 nitrogen and oxygen atoms in total. The molecule has 0 aliphatic carbocycles. The summed E-state index contributed by atoms with van der Waals surface area (Å²) < 4.78 is 12.3. The van der Waals surface area contributed by atoms with Gasteiger partial charge in [-0.2, -0.15) is 0 Å². The molecule has 1 spiro atoms. The molecule has 32 heavy (non-hydrogen) atoms. The van der Waals surface area contributed by atoms with Crippen LogP contribution in [0.4, 0.5) is 0 Å². The van der Waals surface area contributed by atoms with E-state index in [4.69, 9.17) is 14.6 Å². The SMILES string of the molecule is CN1CCOCCCCC2(CCN(C(=O)CCCC(=O)O)CC2)COc2ccccc2C1. The number of ether oxygens (including phenoxy) is 2. The summed E-state index contributed by atoms with van der Waals surface area (Å²) in [7, 11) is 2.11. The van der Waals surface area contributed by atoms with Crippen molar-refractivity contribution in [3.8, 4) is 5.75 Å². The second-order valence-corrected chi connectivity index (χ2v) is 9.33. The smallest absolute Gasteiger partial charge is 0.303 e. The Kier molecular flexibility index (Phi) is 9.36. The van der Waals surface area contributed by atoms with Gasteiger partial charge in [0.2, 0.25) is 5.91 Å². The molecule has 0 aromatic heterocycles. The Balaban J connectivity index is 1.63. The van der Waals surface area contributed by atoms with Crippen molar-refractivity contribution in [1.82, 2.24) is 9.80 Å². The summed E-state index contributed by atoms with van der Waals surface area (Å²) in [6, 6.07) is 8.26. The Bertz CT molecular complexity index is 746. The van der Waals surface area contributed by atoms with Gasteiger partial charge < -0.3 is 19.5 Å². The minimum absolute atomic E-state index is 0.0496. The zero-order valence-electron chi connectivity index (χ0n) is 19.4. The molecule has 1 fully saturated rings. The lowest BCUT2D eigenvalue weighted by Crippen LogP contribution is -2.45. The van der Waals surface area contributed by atoms with Crippen molar-refractivity contribution in [3.05, 3.63) is 29.8 Å². The number of carboxylic acids is 1. The molecule has 178 valence electrons. The standard InChI is InChI=1S/C25H38N2O5/c1-26-16-18-31-17-5-4-11-25(20-32-22-8-3-2-7-21(22)19-26)12-14-27(15-13-25)23(28)9-6-10-24(29)30/h2-3,7-8H,4-6,9-20H2,1H3,(H,29,30). The summed E-state index contributed by atoms with van der Waals surface area (Å²) in [4.78, 5) is 27.4. The second-order valence-electron chi connectivity index (χ2n) is 9.33. The van der Waals surface area contributed by atoms with Crippen LogP contribution in [-0.4, -0.2) is 73.3 Å². The van der Waals surface area contributed by atoms with Crippen LogP contribution in [-0.2, 0) is 20.9 Å². The Morgan fingerprint density at radius 3 is 2.59 bits per heavy atom. The summed E-state index contributed by atoms with van der Waals surface area (Å²) in [5.74, 6) is 0.177. The molecule has 7 heteroatoms. The topological polar surface area (TPSA) is 79.3 Å². The van der Waals surface area contributed by atoms with E-state index < -0.39 is 5.97 Å². The first kappa shape index (κ1) is 24.5. The van der Waals surface area contributed by atoms with Gasteiger partial charge in [-0.15, -0.1) is 0 Å². The molecule has 1 N–H and O–H groups in total. The normalized spacial score (nSPS) is 20.7. The maximum absolute atomic E-state index is 12.5. The molecule has 0 atom stereocenters. The van der Waals surface area contributed by atoms with Crippen molar-refractivity contribution in [2.24, 2.45) is 5.41 Å². The first-order valence-electron chi connectivity index (χ1n) is 11.9. The van der Waals surface area contributed by atoms with Crippen LogP contribution < -0.4 is 4.74 Å². The van der Waals surface area contributed by atoms with Crippen LogP contribution in [0.2, 0.25) is 0 Å². The number of amides is 1. The maximum atomic E-state index is 12.5. The van der Waals surface area contributed by atoms with E-state index in [9.17, 15) is 9.59 Å². The summed E-state index contributed by atoms with van der Waals surface area (Å²) >= 11 is 0. The number of para-hydroxylation sites is 1. The number of hydrogen-bond donors (Lipinski definition) is 1. The summed E-state index contributed by atoms with van der Waals surface area (Å²) in [5, 5.41) is 8.80. The lowest BCUT2D eigenvalue weighted by Gasteiger charge is -2.42. The van der Waals surface area contributed by atoms with E-state index in [1.54, 1.807) is 0 Å². The van der Waals surface area contributed by atoms with Gasteiger partial charge >= 0.3 is 5.97 Å². The third kappa shape index (κ3) is 7.48. The van der Waals surface area contributed by atoms with Gasteiger partial charge in [0.25, 0.3) is 0 Å². The number of carbonyl (C=O) groups is 2. The van der Waals surface area contributed by atoms with E-state index in [0.717, 1.165) is 77.2 Å². The number of nitrogens with zero attached hydrogens (tertiary/aromatic N) is 2. The van der Waals surface area contributed by atoms with Crippen molar-refractivity contribution >= 4 is 11.9 Å². The Morgan fingerprint density at radius 1 is 1.03 bits per heavy atom. The van der Waals surface area contributed by atoms with Gasteiger partial charge in [0.1, 0.15) is 5.75 Å². The van der Waals surface area contributed by atoms with Crippen LogP contribution in [0.5, 0.6) is 5.75 Å². The molecular weight excluding hydrogens is 408 g/mol. The molecule has 2 heterocycles. The zero-order valence-corrected chi connectivity index (χ0v) is 19.4. The minimum atomic E-state index is -0.845. The van der Waals surface area contributed by atoms with Gasteiger partial charge in [-0.1, -0.05) is 24.6 Å². The van der Waals surface area contributed by atoms with Crippen molar-refractivity contribution in [3.63, 3.8) is 0 Å². The van der Waals surface area contributed by atoms with Gasteiger partial charge in [0.05, 0.1) is 13.2 Å². The Hall–Kier alpha value is -2.12. The quantitative estimate of drug-likeness (QED) is 0.762. The molecule has 1 amide bonds. The van der Waals surface area contributed by atoms with Crippen LogP contribution in [0.3, 0.4) is 0 Å². The molecule has 1 saturated heterocycles. The molecule has 0 bridgehead atoms. The van der Waals surface area contributed by atoms with Gasteiger partial charge in [0.15, 0.2) is 0 Å². The highest BCUT2D eigenvalue weighted by Gasteiger charge is 2.36. The fraction of sp³-hybridized carbons (Fsp3) is 0.680. The highest BCUT2D eigenvalue weighted by Crippen LogP contribution is 2.38. The average molecular weight is 447 g/mol. The summed E-state index contributed by atoms with van der Waals surface area (Å²) in [5.41, 5.74) is 1.24. The third-order valence-electron chi connectivity index (χ3n) is 6.77. The largest absolute Gasteiger partial charge is 0.493 e. The molecular formula is C25H38N2O5. The predicted octanol–water partition coefficient (Wildman–Crippen LogP) is 3.56. The number of piperidine rings is 1. The number of likely N-dealkylation sites (tertiary alicyclic amines) is 1. The van der Waals surface area contributed by atoms with Crippen LogP contribution in [0, 0.1) is 5.41 Å². The first-order valence-corrected chi connectivity index (χ1v) is 11.9. The first-order chi connectivity index (χ1) is 15.5. The van der Waals surface area contributed by atoms with Crippen molar-refractivity contribution in [2.45, 2.75) is 57.9 Å². The second kappa shape index (κ2) is 12.2. The Labute approximate surface area is 191 Å². The Morgan fingerprint density at radius 2 is 1.81 bits per heavy atom. The number of fused-ring (bicyclic) bond motifs is 1. The molecule has 0 saturated carbocycles. The molecule has 2 aliphatic heterocycles. The molecule has 3 rings (SSSR count). The lowest BCUT2D eigenvalue weighted by atomic mass is 9.75. The lowest BCUT2D eigenvalue weighted by molar-refractivity contribution is -0.137. The minimum Gasteiger partial charge on any atom is -0.493 e. The monoisotopic (exact) mass is 446 g/mol.